The minimum atomic E-state index is -1.06. The Labute approximate surface area is 131 Å². The Morgan fingerprint density at radius 1 is 1.17 bits per heavy atom. The molecule has 7 heteroatoms. The summed E-state index contributed by atoms with van der Waals surface area (Å²) < 4.78 is 0. The van der Waals surface area contributed by atoms with Gasteiger partial charge in [0.2, 0.25) is 0 Å². The van der Waals surface area contributed by atoms with E-state index in [1.165, 1.54) is 16.0 Å². The largest absolute Gasteiger partial charge is 0.465 e. The van der Waals surface area contributed by atoms with E-state index in [1.54, 1.807) is 6.08 Å². The summed E-state index contributed by atoms with van der Waals surface area (Å²) >= 11 is 0. The number of para-hydroxylation sites is 1. The van der Waals surface area contributed by atoms with Gasteiger partial charge in [-0.3, -0.25) is 9.80 Å². The molecule has 7 nitrogen and oxygen atoms in total. The minimum absolute atomic E-state index is 0.210. The molecule has 0 spiro atoms. The molecule has 2 aliphatic rings. The van der Waals surface area contributed by atoms with Gasteiger partial charge in [-0.2, -0.15) is 0 Å². The Hall–Kier alpha value is -2.96. The predicted octanol–water partition coefficient (Wildman–Crippen LogP) is 2.49. The number of amides is 2. The highest BCUT2D eigenvalue weighted by molar-refractivity contribution is 5.84. The van der Waals surface area contributed by atoms with Gasteiger partial charge >= 0.3 is 12.2 Å². The van der Waals surface area contributed by atoms with E-state index in [4.69, 9.17) is 0 Å². The molecule has 0 radical (unpaired) electrons. The number of aromatic nitrogens is 1. The molecule has 1 aromatic carbocycles. The van der Waals surface area contributed by atoms with Crippen LogP contribution in [0, 0.1) is 0 Å². The Kier molecular flexibility index (Phi) is 2.84. The Balaban J connectivity index is 1.81. The number of hydrogen-bond acceptors (Lipinski definition) is 2. The van der Waals surface area contributed by atoms with Crippen LogP contribution in [0.25, 0.3) is 10.9 Å². The van der Waals surface area contributed by atoms with Crippen molar-refractivity contribution >= 4 is 23.1 Å². The lowest BCUT2D eigenvalue weighted by atomic mass is 9.91. The quantitative estimate of drug-likeness (QED) is 0.753. The molecule has 0 aliphatic carbocycles. The fourth-order valence-electron chi connectivity index (χ4n) is 3.80. The van der Waals surface area contributed by atoms with Crippen LogP contribution in [0.15, 0.2) is 42.7 Å². The van der Waals surface area contributed by atoms with Crippen molar-refractivity contribution in [3.05, 3.63) is 48.3 Å². The lowest BCUT2D eigenvalue weighted by molar-refractivity contribution is 0.134. The first-order chi connectivity index (χ1) is 11.1. The fraction of sp³-hybridized carbons (Fsp3) is 0.250. The van der Waals surface area contributed by atoms with Crippen molar-refractivity contribution in [1.29, 1.82) is 0 Å². The number of aromatic amines is 1. The summed E-state index contributed by atoms with van der Waals surface area (Å²) in [5.41, 5.74) is 1.91. The van der Waals surface area contributed by atoms with E-state index in [1.807, 2.05) is 30.5 Å². The topological polar surface area (TPSA) is 96.9 Å². The number of benzene rings is 1. The third kappa shape index (κ3) is 1.89. The first-order valence-corrected chi connectivity index (χ1v) is 7.33. The average molecular weight is 313 g/mol. The number of H-pyrrole nitrogens is 1. The molecular formula is C16H15N3O4. The molecule has 2 amide bonds. The van der Waals surface area contributed by atoms with Gasteiger partial charge in [0.05, 0.1) is 12.1 Å². The number of carbonyl (C=O) groups is 2. The maximum absolute atomic E-state index is 11.5. The van der Waals surface area contributed by atoms with Crippen LogP contribution in [-0.4, -0.2) is 55.8 Å². The summed E-state index contributed by atoms with van der Waals surface area (Å²) in [7, 11) is 0. The molecule has 0 unspecified atom stereocenters. The number of rotatable bonds is 1. The first kappa shape index (κ1) is 13.7. The molecule has 1 aromatic heterocycles. The summed E-state index contributed by atoms with van der Waals surface area (Å²) in [6.07, 6.45) is 2.89. The molecule has 2 aromatic rings. The smallest absolute Gasteiger partial charge is 0.411 e. The van der Waals surface area contributed by atoms with E-state index in [9.17, 15) is 19.8 Å². The van der Waals surface area contributed by atoms with Crippen LogP contribution in [0.2, 0.25) is 0 Å². The van der Waals surface area contributed by atoms with Crippen molar-refractivity contribution in [3.63, 3.8) is 0 Å². The maximum atomic E-state index is 11.5. The SMILES string of the molecule is O=C(O)N1C=C[C@@H]2[C@H]1[C@H](c1c[nH]c3ccccc13)CN2C(=O)O. The number of nitrogens with one attached hydrogen (secondary N) is 1. The first-order valence-electron chi connectivity index (χ1n) is 7.33. The third-order valence-corrected chi connectivity index (χ3v) is 4.77. The van der Waals surface area contributed by atoms with Crippen LogP contribution < -0.4 is 0 Å². The molecule has 4 rings (SSSR count). The summed E-state index contributed by atoms with van der Waals surface area (Å²) in [6.45, 7) is 0.278. The van der Waals surface area contributed by atoms with E-state index >= 15 is 0 Å². The van der Waals surface area contributed by atoms with Crippen LogP contribution >= 0.6 is 0 Å². The van der Waals surface area contributed by atoms with Gasteiger partial charge in [0, 0.05) is 35.8 Å². The Bertz CT molecular complexity index is 828. The zero-order valence-corrected chi connectivity index (χ0v) is 12.1. The van der Waals surface area contributed by atoms with E-state index in [0.29, 0.717) is 0 Å². The lowest BCUT2D eigenvalue weighted by Gasteiger charge is -2.25. The van der Waals surface area contributed by atoms with E-state index in [2.05, 4.69) is 4.98 Å². The molecular weight excluding hydrogens is 298 g/mol. The highest BCUT2D eigenvalue weighted by Crippen LogP contribution is 2.41. The number of fused-ring (bicyclic) bond motifs is 2. The summed E-state index contributed by atoms with van der Waals surface area (Å²) in [5.74, 6) is -0.210. The molecule has 118 valence electrons. The highest BCUT2D eigenvalue weighted by atomic mass is 16.4. The van der Waals surface area contributed by atoms with Gasteiger partial charge < -0.3 is 15.2 Å². The van der Waals surface area contributed by atoms with Crippen molar-refractivity contribution < 1.29 is 19.8 Å². The standard InChI is InChI=1S/C16H15N3O4/c20-15(21)18-6-5-13-14(18)11(8-19(13)16(22)23)10-7-17-12-4-2-1-3-9(10)12/h1-7,11,13-14,17H,8H2,(H,20,21)(H,22,23)/t11-,13+,14+/m0/s1. The predicted molar refractivity (Wildman–Crippen MR) is 82.4 cm³/mol. The van der Waals surface area contributed by atoms with Crippen molar-refractivity contribution in [3.8, 4) is 0 Å². The molecule has 1 fully saturated rings. The van der Waals surface area contributed by atoms with Crippen LogP contribution in [0.5, 0.6) is 0 Å². The van der Waals surface area contributed by atoms with Crippen LogP contribution in [0.4, 0.5) is 9.59 Å². The van der Waals surface area contributed by atoms with Crippen LogP contribution in [0.1, 0.15) is 11.5 Å². The van der Waals surface area contributed by atoms with Crippen molar-refractivity contribution in [1.82, 2.24) is 14.8 Å². The molecule has 1 saturated heterocycles. The molecule has 3 heterocycles. The van der Waals surface area contributed by atoms with Gasteiger partial charge in [-0.15, -0.1) is 0 Å². The van der Waals surface area contributed by atoms with Gasteiger partial charge in [-0.25, -0.2) is 9.59 Å². The molecule has 3 atom stereocenters. The number of nitrogens with zero attached hydrogens (tertiary/aromatic N) is 2. The van der Waals surface area contributed by atoms with Gasteiger partial charge in [0.1, 0.15) is 0 Å². The molecule has 3 N–H and O–H groups in total. The third-order valence-electron chi connectivity index (χ3n) is 4.77. The second-order valence-corrected chi connectivity index (χ2v) is 5.84. The number of hydrogen-bond donors (Lipinski definition) is 3. The second kappa shape index (κ2) is 4.77. The summed E-state index contributed by atoms with van der Waals surface area (Å²) in [6, 6.07) is 6.88. The highest BCUT2D eigenvalue weighted by Gasteiger charge is 2.50. The molecule has 23 heavy (non-hydrogen) atoms. The number of likely N-dealkylation sites (tertiary alicyclic amines) is 1. The van der Waals surface area contributed by atoms with Crippen molar-refractivity contribution in [2.75, 3.05) is 6.54 Å². The minimum Gasteiger partial charge on any atom is -0.465 e. The van der Waals surface area contributed by atoms with Crippen molar-refractivity contribution in [2.24, 2.45) is 0 Å². The van der Waals surface area contributed by atoms with Crippen molar-refractivity contribution in [2.45, 2.75) is 18.0 Å². The molecule has 0 bridgehead atoms. The van der Waals surface area contributed by atoms with Gasteiger partial charge in [-0.05, 0) is 17.7 Å². The van der Waals surface area contributed by atoms with E-state index in [-0.39, 0.29) is 12.5 Å². The lowest BCUT2D eigenvalue weighted by Crippen LogP contribution is -2.42. The normalized spacial score (nSPS) is 26.0. The van der Waals surface area contributed by atoms with Gasteiger partial charge in [-0.1, -0.05) is 18.2 Å². The van der Waals surface area contributed by atoms with E-state index in [0.717, 1.165) is 16.5 Å². The molecule has 0 saturated carbocycles. The maximum Gasteiger partial charge on any atom is 0.411 e. The summed E-state index contributed by atoms with van der Waals surface area (Å²) in [4.78, 5) is 28.7. The zero-order valence-electron chi connectivity index (χ0n) is 12.1. The van der Waals surface area contributed by atoms with Crippen LogP contribution in [0.3, 0.4) is 0 Å². The summed E-state index contributed by atoms with van der Waals surface area (Å²) in [5, 5.41) is 19.8. The Morgan fingerprint density at radius 3 is 2.70 bits per heavy atom. The Morgan fingerprint density at radius 2 is 1.96 bits per heavy atom. The van der Waals surface area contributed by atoms with E-state index < -0.39 is 24.3 Å². The fourth-order valence-corrected chi connectivity index (χ4v) is 3.80. The zero-order chi connectivity index (χ0) is 16.1. The number of carboxylic acid groups (broad SMARTS) is 2. The van der Waals surface area contributed by atoms with Gasteiger partial charge in [0.15, 0.2) is 0 Å². The second-order valence-electron chi connectivity index (χ2n) is 5.84. The van der Waals surface area contributed by atoms with Gasteiger partial charge in [0.25, 0.3) is 0 Å². The van der Waals surface area contributed by atoms with Crippen LogP contribution in [-0.2, 0) is 0 Å². The monoisotopic (exact) mass is 313 g/mol. The molecule has 2 aliphatic heterocycles. The average Bonchev–Trinajstić information content (AvgIpc) is 3.19.